The number of halogens is 1. The van der Waals surface area contributed by atoms with Crippen molar-refractivity contribution in [3.8, 4) is 0 Å². The van der Waals surface area contributed by atoms with E-state index in [0.717, 1.165) is 44.5 Å². The van der Waals surface area contributed by atoms with Crippen molar-refractivity contribution < 1.29 is 9.18 Å². The number of carbonyl (C=O) groups excluding carboxylic acids is 1. The molecule has 0 bridgehead atoms. The van der Waals surface area contributed by atoms with E-state index in [0.29, 0.717) is 13.1 Å². The number of rotatable bonds is 7. The van der Waals surface area contributed by atoms with Crippen LogP contribution in [0.5, 0.6) is 0 Å². The van der Waals surface area contributed by atoms with E-state index in [9.17, 15) is 9.18 Å². The molecular formula is C19H25FN4O. The molecule has 25 heavy (non-hydrogen) atoms. The third kappa shape index (κ3) is 5.39. The molecule has 0 saturated carbocycles. The third-order valence-corrected chi connectivity index (χ3v) is 4.62. The zero-order valence-corrected chi connectivity index (χ0v) is 14.4. The molecule has 2 heterocycles. The number of nitrogens with one attached hydrogen (secondary N) is 1. The minimum Gasteiger partial charge on any atom is -0.356 e. The highest BCUT2D eigenvalue weighted by atomic mass is 19.1. The highest BCUT2D eigenvalue weighted by Crippen LogP contribution is 2.19. The van der Waals surface area contributed by atoms with Crippen LogP contribution < -0.4 is 5.32 Å². The summed E-state index contributed by atoms with van der Waals surface area (Å²) < 4.78 is 15.3. The second-order valence-corrected chi connectivity index (χ2v) is 6.65. The Bertz CT molecular complexity index is 674. The molecule has 0 aliphatic carbocycles. The van der Waals surface area contributed by atoms with Gasteiger partial charge in [0, 0.05) is 38.6 Å². The second-order valence-electron chi connectivity index (χ2n) is 6.65. The van der Waals surface area contributed by atoms with E-state index in [2.05, 4.69) is 15.2 Å². The summed E-state index contributed by atoms with van der Waals surface area (Å²) in [6.07, 6.45) is 8.28. The van der Waals surface area contributed by atoms with Crippen molar-refractivity contribution in [3.05, 3.63) is 54.4 Å². The first-order valence-corrected chi connectivity index (χ1v) is 8.91. The van der Waals surface area contributed by atoms with E-state index in [4.69, 9.17) is 0 Å². The molecule has 6 heteroatoms. The van der Waals surface area contributed by atoms with Crippen molar-refractivity contribution in [2.24, 2.45) is 5.92 Å². The maximum Gasteiger partial charge on any atom is 0.224 e. The summed E-state index contributed by atoms with van der Waals surface area (Å²) in [4.78, 5) is 18.6. The zero-order chi connectivity index (χ0) is 17.5. The van der Waals surface area contributed by atoms with Crippen molar-refractivity contribution in [2.75, 3.05) is 19.6 Å². The molecule has 1 amide bonds. The molecule has 134 valence electrons. The fourth-order valence-corrected chi connectivity index (χ4v) is 3.34. The zero-order valence-electron chi connectivity index (χ0n) is 14.4. The molecule has 5 nitrogen and oxygen atoms in total. The summed E-state index contributed by atoms with van der Waals surface area (Å²) in [5, 5.41) is 3.05. The van der Waals surface area contributed by atoms with Crippen molar-refractivity contribution >= 4 is 5.91 Å². The molecule has 1 unspecified atom stereocenters. The van der Waals surface area contributed by atoms with Crippen LogP contribution in [0, 0.1) is 11.7 Å². The number of amides is 1. The standard InChI is InChI=1S/C19H25FN4O/c20-18-6-1-4-16(12-18)13-24-9-2-5-17(14-24)19(25)22-7-3-10-23-11-8-21-15-23/h1,4,6,8,11-12,15,17H,2-3,5,7,9-10,13-14H2,(H,22,25). The number of nitrogens with zero attached hydrogens (tertiary/aromatic N) is 3. The Hall–Kier alpha value is -2.21. The Morgan fingerprint density at radius 2 is 2.32 bits per heavy atom. The molecule has 2 aromatic rings. The van der Waals surface area contributed by atoms with Crippen LogP contribution in [-0.2, 0) is 17.9 Å². The first-order valence-electron chi connectivity index (χ1n) is 8.91. The quantitative estimate of drug-likeness (QED) is 0.785. The number of likely N-dealkylation sites (tertiary alicyclic amines) is 1. The van der Waals surface area contributed by atoms with E-state index in [-0.39, 0.29) is 17.6 Å². The van der Waals surface area contributed by atoms with Gasteiger partial charge in [0.2, 0.25) is 5.91 Å². The van der Waals surface area contributed by atoms with Gasteiger partial charge < -0.3 is 9.88 Å². The highest BCUT2D eigenvalue weighted by Gasteiger charge is 2.25. The van der Waals surface area contributed by atoms with Gasteiger partial charge in [-0.3, -0.25) is 9.69 Å². The lowest BCUT2D eigenvalue weighted by molar-refractivity contribution is -0.126. The van der Waals surface area contributed by atoms with Crippen LogP contribution in [0.2, 0.25) is 0 Å². The second kappa shape index (κ2) is 8.76. The summed E-state index contributed by atoms with van der Waals surface area (Å²) in [5.41, 5.74) is 0.960. The van der Waals surface area contributed by atoms with Gasteiger partial charge in [0.15, 0.2) is 0 Å². The lowest BCUT2D eigenvalue weighted by Crippen LogP contribution is -2.43. The molecule has 0 spiro atoms. The van der Waals surface area contributed by atoms with Gasteiger partial charge in [-0.25, -0.2) is 9.37 Å². The summed E-state index contributed by atoms with van der Waals surface area (Å²) in [6.45, 7) is 3.93. The van der Waals surface area contributed by atoms with Gasteiger partial charge in [-0.1, -0.05) is 12.1 Å². The maximum absolute atomic E-state index is 13.3. The first-order chi connectivity index (χ1) is 12.2. The van der Waals surface area contributed by atoms with Crippen molar-refractivity contribution in [1.29, 1.82) is 0 Å². The van der Waals surface area contributed by atoms with Gasteiger partial charge in [-0.05, 0) is 43.5 Å². The van der Waals surface area contributed by atoms with Crippen LogP contribution in [-0.4, -0.2) is 40.0 Å². The predicted molar refractivity (Wildman–Crippen MR) is 94.3 cm³/mol. The number of carbonyl (C=O) groups is 1. The molecule has 1 N–H and O–H groups in total. The minimum absolute atomic E-state index is 0.0237. The van der Waals surface area contributed by atoms with Gasteiger partial charge in [0.05, 0.1) is 12.2 Å². The Morgan fingerprint density at radius 1 is 1.40 bits per heavy atom. The van der Waals surface area contributed by atoms with Crippen LogP contribution in [0.15, 0.2) is 43.0 Å². The van der Waals surface area contributed by atoms with Crippen LogP contribution in [0.4, 0.5) is 4.39 Å². The topological polar surface area (TPSA) is 50.2 Å². The van der Waals surface area contributed by atoms with E-state index in [1.165, 1.54) is 6.07 Å². The fourth-order valence-electron chi connectivity index (χ4n) is 3.34. The third-order valence-electron chi connectivity index (χ3n) is 4.62. The Kier molecular flexibility index (Phi) is 6.17. The average Bonchev–Trinajstić information content (AvgIpc) is 3.12. The summed E-state index contributed by atoms with van der Waals surface area (Å²) in [7, 11) is 0. The van der Waals surface area contributed by atoms with E-state index in [1.54, 1.807) is 24.7 Å². The van der Waals surface area contributed by atoms with Crippen LogP contribution in [0.3, 0.4) is 0 Å². The van der Waals surface area contributed by atoms with E-state index >= 15 is 0 Å². The molecule has 1 atom stereocenters. The molecule has 1 aliphatic rings. The maximum atomic E-state index is 13.3. The van der Waals surface area contributed by atoms with Gasteiger partial charge in [-0.15, -0.1) is 0 Å². The van der Waals surface area contributed by atoms with Gasteiger partial charge in [-0.2, -0.15) is 0 Å². The number of piperidine rings is 1. The SMILES string of the molecule is O=C(NCCCn1ccnc1)C1CCCN(Cc2cccc(F)c2)C1. The van der Waals surface area contributed by atoms with Gasteiger partial charge in [0.25, 0.3) is 0 Å². The molecule has 3 rings (SSSR count). The molecule has 1 saturated heterocycles. The smallest absolute Gasteiger partial charge is 0.224 e. The summed E-state index contributed by atoms with van der Waals surface area (Å²) >= 11 is 0. The molecule has 0 radical (unpaired) electrons. The van der Waals surface area contributed by atoms with Gasteiger partial charge >= 0.3 is 0 Å². The number of aryl methyl sites for hydroxylation is 1. The van der Waals surface area contributed by atoms with Crippen molar-refractivity contribution in [2.45, 2.75) is 32.4 Å². The molecule has 1 fully saturated rings. The Balaban J connectivity index is 1.41. The summed E-state index contributed by atoms with van der Waals surface area (Å²) in [6, 6.07) is 6.70. The molecule has 1 aromatic heterocycles. The van der Waals surface area contributed by atoms with E-state index in [1.807, 2.05) is 16.8 Å². The largest absolute Gasteiger partial charge is 0.356 e. The van der Waals surface area contributed by atoms with Crippen LogP contribution in [0.25, 0.3) is 0 Å². The normalized spacial score (nSPS) is 18.2. The van der Waals surface area contributed by atoms with Gasteiger partial charge in [0.1, 0.15) is 5.82 Å². The number of hydrogen-bond donors (Lipinski definition) is 1. The van der Waals surface area contributed by atoms with Crippen molar-refractivity contribution in [3.63, 3.8) is 0 Å². The van der Waals surface area contributed by atoms with Crippen LogP contribution >= 0.6 is 0 Å². The molecule has 1 aliphatic heterocycles. The Morgan fingerprint density at radius 3 is 3.12 bits per heavy atom. The lowest BCUT2D eigenvalue weighted by Gasteiger charge is -2.32. The highest BCUT2D eigenvalue weighted by molar-refractivity contribution is 5.78. The Labute approximate surface area is 147 Å². The number of aromatic nitrogens is 2. The summed E-state index contributed by atoms with van der Waals surface area (Å²) in [5.74, 6) is -0.0492. The number of imidazole rings is 1. The predicted octanol–water partition coefficient (Wildman–Crippen LogP) is 2.44. The average molecular weight is 344 g/mol. The number of benzene rings is 1. The molecular weight excluding hydrogens is 319 g/mol. The van der Waals surface area contributed by atoms with Crippen LogP contribution in [0.1, 0.15) is 24.8 Å². The van der Waals surface area contributed by atoms with Crippen molar-refractivity contribution in [1.82, 2.24) is 19.8 Å². The number of hydrogen-bond acceptors (Lipinski definition) is 3. The van der Waals surface area contributed by atoms with E-state index < -0.39 is 0 Å². The molecule has 1 aromatic carbocycles. The fraction of sp³-hybridized carbons (Fsp3) is 0.474. The monoisotopic (exact) mass is 344 g/mol. The first kappa shape index (κ1) is 17.6. The lowest BCUT2D eigenvalue weighted by atomic mass is 9.96. The minimum atomic E-state index is -0.207.